The van der Waals surface area contributed by atoms with Crippen molar-refractivity contribution < 1.29 is 0 Å². The SMILES string of the molecule is C=CC=Bc1cc(C)ccc1C. The van der Waals surface area contributed by atoms with Gasteiger partial charge in [-0.3, -0.25) is 0 Å². The van der Waals surface area contributed by atoms with Crippen LogP contribution in [0, 0.1) is 13.8 Å². The van der Waals surface area contributed by atoms with Gasteiger partial charge >= 0.3 is 74.2 Å². The van der Waals surface area contributed by atoms with Crippen LogP contribution in [0.2, 0.25) is 0 Å². The minimum atomic E-state index is 1.27. The van der Waals surface area contributed by atoms with E-state index >= 15 is 0 Å². The van der Waals surface area contributed by atoms with Gasteiger partial charge in [-0.05, 0) is 0 Å². The van der Waals surface area contributed by atoms with Gasteiger partial charge in [0.1, 0.15) is 0 Å². The van der Waals surface area contributed by atoms with Crippen LogP contribution >= 0.6 is 0 Å². The van der Waals surface area contributed by atoms with Crippen molar-refractivity contribution in [2.45, 2.75) is 13.8 Å². The van der Waals surface area contributed by atoms with Crippen LogP contribution in [0.5, 0.6) is 0 Å². The summed E-state index contributed by atoms with van der Waals surface area (Å²) in [6.45, 7) is 9.93. The molecule has 0 fully saturated rings. The topological polar surface area (TPSA) is 0 Å². The van der Waals surface area contributed by atoms with E-state index in [4.69, 9.17) is 0 Å². The van der Waals surface area contributed by atoms with E-state index in [2.05, 4.69) is 45.5 Å². The number of rotatable bonds is 2. The van der Waals surface area contributed by atoms with Crippen molar-refractivity contribution in [3.05, 3.63) is 42.0 Å². The van der Waals surface area contributed by atoms with Gasteiger partial charge in [-0.1, -0.05) is 0 Å². The number of allylic oxidation sites excluding steroid dienone is 1. The van der Waals surface area contributed by atoms with Gasteiger partial charge in [-0.15, -0.1) is 0 Å². The van der Waals surface area contributed by atoms with E-state index in [1.165, 1.54) is 16.6 Å². The van der Waals surface area contributed by atoms with Crippen LogP contribution in [0.1, 0.15) is 11.1 Å². The molecule has 12 heavy (non-hydrogen) atoms. The Morgan fingerprint density at radius 3 is 2.75 bits per heavy atom. The first kappa shape index (κ1) is 8.99. The summed E-state index contributed by atoms with van der Waals surface area (Å²) >= 11 is 0. The van der Waals surface area contributed by atoms with Gasteiger partial charge < -0.3 is 0 Å². The van der Waals surface area contributed by atoms with E-state index in [0.29, 0.717) is 0 Å². The van der Waals surface area contributed by atoms with E-state index in [0.717, 1.165) is 0 Å². The normalized spacial score (nSPS) is 9.83. The predicted molar refractivity (Wildman–Crippen MR) is 57.6 cm³/mol. The molecule has 0 heterocycles. The third-order valence-electron chi connectivity index (χ3n) is 1.85. The fourth-order valence-electron chi connectivity index (χ4n) is 1.11. The van der Waals surface area contributed by atoms with Gasteiger partial charge in [0.15, 0.2) is 0 Å². The van der Waals surface area contributed by atoms with Crippen molar-refractivity contribution in [3.63, 3.8) is 0 Å². The van der Waals surface area contributed by atoms with Crippen LogP contribution in [0.25, 0.3) is 0 Å². The molecule has 0 spiro atoms. The molecule has 0 aromatic heterocycles. The maximum atomic E-state index is 3.64. The second kappa shape index (κ2) is 4.05. The van der Waals surface area contributed by atoms with Gasteiger partial charge in [0, 0.05) is 0 Å². The third kappa shape index (κ3) is 2.19. The number of benzene rings is 1. The van der Waals surface area contributed by atoms with Crippen LogP contribution < -0.4 is 5.46 Å². The van der Waals surface area contributed by atoms with E-state index in [-0.39, 0.29) is 0 Å². The average molecular weight is 156 g/mol. The molecule has 1 rings (SSSR count). The van der Waals surface area contributed by atoms with Crippen LogP contribution in [0.15, 0.2) is 30.9 Å². The average Bonchev–Trinajstić information content (AvgIpc) is 2.07. The molecule has 0 amide bonds. The molecule has 0 aliphatic carbocycles. The number of aryl methyl sites for hydroxylation is 2. The van der Waals surface area contributed by atoms with Gasteiger partial charge in [0.2, 0.25) is 0 Å². The molecule has 0 aliphatic rings. The first-order valence-corrected chi connectivity index (χ1v) is 4.10. The summed E-state index contributed by atoms with van der Waals surface area (Å²) < 4.78 is 0. The summed E-state index contributed by atoms with van der Waals surface area (Å²) in [5.74, 6) is 1.96. The summed E-state index contributed by atoms with van der Waals surface area (Å²) in [4.78, 5) is 0. The zero-order chi connectivity index (χ0) is 8.97. The summed E-state index contributed by atoms with van der Waals surface area (Å²) in [6, 6.07) is 6.44. The van der Waals surface area contributed by atoms with Crippen molar-refractivity contribution in [3.8, 4) is 0 Å². The van der Waals surface area contributed by atoms with Crippen LogP contribution in [-0.4, -0.2) is 12.9 Å². The summed E-state index contributed by atoms with van der Waals surface area (Å²) in [5, 5.41) is 0. The Kier molecular flexibility index (Phi) is 3.04. The van der Waals surface area contributed by atoms with Gasteiger partial charge in [-0.25, -0.2) is 0 Å². The second-order valence-electron chi connectivity index (χ2n) is 2.95. The standard InChI is InChI=1S/C11H13B/c1-4-7-12-11-8-9(2)5-6-10(11)3/h4-8H,1H2,2-3H3. The van der Waals surface area contributed by atoms with E-state index in [9.17, 15) is 0 Å². The Bertz CT molecular complexity index is 311. The van der Waals surface area contributed by atoms with Crippen LogP contribution in [0.3, 0.4) is 0 Å². The Labute approximate surface area is 74.8 Å². The minimum absolute atomic E-state index is 1.27. The van der Waals surface area contributed by atoms with E-state index in [1.807, 2.05) is 5.97 Å². The molecule has 0 N–H and O–H groups in total. The fraction of sp³-hybridized carbons (Fsp3) is 0.182. The molecule has 0 atom stereocenters. The summed E-state index contributed by atoms with van der Waals surface area (Å²) in [5.41, 5.74) is 3.87. The van der Waals surface area contributed by atoms with Crippen LogP contribution in [-0.2, 0) is 0 Å². The molecule has 1 heteroatoms. The number of hydrogen-bond acceptors (Lipinski definition) is 0. The quantitative estimate of drug-likeness (QED) is 0.570. The van der Waals surface area contributed by atoms with Crippen LogP contribution in [0.4, 0.5) is 0 Å². The molecular formula is C11H13B. The maximum absolute atomic E-state index is 3.64. The van der Waals surface area contributed by atoms with Gasteiger partial charge in [-0.2, -0.15) is 0 Å². The van der Waals surface area contributed by atoms with Gasteiger partial charge in [0.25, 0.3) is 0 Å². The van der Waals surface area contributed by atoms with Crippen molar-refractivity contribution in [1.82, 2.24) is 0 Å². The zero-order valence-corrected chi connectivity index (χ0v) is 7.67. The predicted octanol–water partition coefficient (Wildman–Crippen LogP) is 1.62. The summed E-state index contributed by atoms with van der Waals surface area (Å²) in [7, 11) is 0. The third-order valence-corrected chi connectivity index (χ3v) is 1.85. The molecule has 0 saturated heterocycles. The summed E-state index contributed by atoms with van der Waals surface area (Å²) in [6.07, 6.45) is 1.79. The Balaban J connectivity index is 3.04. The van der Waals surface area contributed by atoms with E-state index < -0.39 is 0 Å². The molecule has 0 bridgehead atoms. The molecular weight excluding hydrogens is 143 g/mol. The molecule has 0 aliphatic heterocycles. The number of hydrogen-bond donors (Lipinski definition) is 0. The first-order chi connectivity index (χ1) is 5.74. The molecule has 1 aromatic rings. The van der Waals surface area contributed by atoms with Crippen molar-refractivity contribution in [1.29, 1.82) is 0 Å². The van der Waals surface area contributed by atoms with Crippen molar-refractivity contribution in [2.24, 2.45) is 0 Å². The molecule has 0 radical (unpaired) electrons. The van der Waals surface area contributed by atoms with Crippen molar-refractivity contribution in [2.75, 3.05) is 0 Å². The Morgan fingerprint density at radius 1 is 1.33 bits per heavy atom. The monoisotopic (exact) mass is 156 g/mol. The molecule has 0 nitrogen and oxygen atoms in total. The van der Waals surface area contributed by atoms with E-state index in [1.54, 1.807) is 6.08 Å². The Morgan fingerprint density at radius 2 is 2.08 bits per heavy atom. The van der Waals surface area contributed by atoms with Gasteiger partial charge in [0.05, 0.1) is 0 Å². The molecule has 0 saturated carbocycles. The molecule has 0 unspecified atom stereocenters. The second-order valence-corrected chi connectivity index (χ2v) is 2.95. The fourth-order valence-corrected chi connectivity index (χ4v) is 1.11. The molecule has 1 aromatic carbocycles. The Hall–Kier alpha value is -1.11. The zero-order valence-electron chi connectivity index (χ0n) is 7.67. The molecule has 60 valence electrons. The van der Waals surface area contributed by atoms with Crippen molar-refractivity contribution >= 4 is 18.4 Å². The first-order valence-electron chi connectivity index (χ1n) is 4.10.